The van der Waals surface area contributed by atoms with Crippen molar-refractivity contribution in [3.05, 3.63) is 35.4 Å². The number of hydrogen-bond donors (Lipinski definition) is 2. The second kappa shape index (κ2) is 7.16. The van der Waals surface area contributed by atoms with Gasteiger partial charge in [-0.05, 0) is 24.0 Å². The maximum absolute atomic E-state index is 12.3. The molecule has 1 aliphatic carbocycles. The molecule has 112 valence electrons. The third-order valence-corrected chi connectivity index (χ3v) is 4.07. The topological polar surface area (TPSA) is 80.0 Å². The molecule has 0 heterocycles. The molecule has 1 aromatic rings. The van der Waals surface area contributed by atoms with Crippen molar-refractivity contribution in [1.82, 2.24) is 0 Å². The first-order valence-electron chi connectivity index (χ1n) is 7.51. The Morgan fingerprint density at radius 1 is 1.00 bits per heavy atom. The van der Waals surface area contributed by atoms with Crippen LogP contribution in [0.2, 0.25) is 0 Å². The number of hydrogen-bond acceptors (Lipinski definition) is 2. The highest BCUT2D eigenvalue weighted by molar-refractivity contribution is 6.38. The standard InChI is InChI=1S/C17H21NO3/c18-15(17(21)14-4-2-1-3-5-14)10-12-6-8-13(9-7-12)11-16(19)20/h6-9,14,18H,1-5,10-11H2,(H,19,20)/p+1. The molecule has 1 fully saturated rings. The number of ketones is 1. The summed E-state index contributed by atoms with van der Waals surface area (Å²) >= 11 is 0. The molecule has 4 heteroatoms. The van der Waals surface area contributed by atoms with Crippen LogP contribution in [0.25, 0.3) is 0 Å². The van der Waals surface area contributed by atoms with Gasteiger partial charge in [0.15, 0.2) is 0 Å². The summed E-state index contributed by atoms with van der Waals surface area (Å²) in [5, 5.41) is 14.7. The summed E-state index contributed by atoms with van der Waals surface area (Å²) in [7, 11) is 0. The summed E-state index contributed by atoms with van der Waals surface area (Å²) in [5.74, 6) is -0.643. The van der Waals surface area contributed by atoms with Gasteiger partial charge in [0.2, 0.25) is 11.5 Å². The third-order valence-electron chi connectivity index (χ3n) is 4.07. The maximum Gasteiger partial charge on any atom is 0.307 e. The van der Waals surface area contributed by atoms with Crippen molar-refractivity contribution in [1.29, 1.82) is 0 Å². The fourth-order valence-corrected chi connectivity index (χ4v) is 2.88. The Hall–Kier alpha value is -1.97. The van der Waals surface area contributed by atoms with Gasteiger partial charge in [0.1, 0.15) is 0 Å². The van der Waals surface area contributed by atoms with Gasteiger partial charge in [-0.1, -0.05) is 43.5 Å². The van der Waals surface area contributed by atoms with E-state index in [1.54, 1.807) is 12.1 Å². The van der Waals surface area contributed by atoms with E-state index in [1.807, 2.05) is 12.1 Å². The predicted molar refractivity (Wildman–Crippen MR) is 80.0 cm³/mol. The van der Waals surface area contributed by atoms with Crippen LogP contribution in [-0.2, 0) is 22.4 Å². The monoisotopic (exact) mass is 288 g/mol. The third kappa shape index (κ3) is 4.52. The van der Waals surface area contributed by atoms with E-state index in [-0.39, 0.29) is 18.1 Å². The number of carbonyl (C=O) groups is 2. The first-order valence-corrected chi connectivity index (χ1v) is 7.51. The van der Waals surface area contributed by atoms with Crippen LogP contribution in [0.1, 0.15) is 43.2 Å². The minimum Gasteiger partial charge on any atom is -0.481 e. The van der Waals surface area contributed by atoms with Gasteiger partial charge >= 0.3 is 5.97 Å². The van der Waals surface area contributed by atoms with E-state index in [0.717, 1.165) is 36.8 Å². The number of nitrogens with two attached hydrogens (primary N) is 1. The average Bonchev–Trinajstić information content (AvgIpc) is 2.49. The molecule has 21 heavy (non-hydrogen) atoms. The van der Waals surface area contributed by atoms with Gasteiger partial charge in [-0.25, -0.2) is 0 Å². The van der Waals surface area contributed by atoms with Gasteiger partial charge in [-0.15, -0.1) is 0 Å². The Morgan fingerprint density at radius 2 is 1.52 bits per heavy atom. The fraction of sp³-hybridized carbons (Fsp3) is 0.471. The number of carboxylic acids is 1. The van der Waals surface area contributed by atoms with Crippen molar-refractivity contribution >= 4 is 17.5 Å². The Kier molecular flexibility index (Phi) is 5.26. The Labute approximate surface area is 124 Å². The summed E-state index contributed by atoms with van der Waals surface area (Å²) in [6.07, 6.45) is 5.83. The molecule has 0 aromatic heterocycles. The summed E-state index contributed by atoms with van der Waals surface area (Å²) in [6.45, 7) is 0. The molecule has 0 unspecified atom stereocenters. The minimum absolute atomic E-state index is 0.0144. The van der Waals surface area contributed by atoms with E-state index >= 15 is 0 Å². The molecule has 0 spiro atoms. The molecule has 3 N–H and O–H groups in total. The van der Waals surface area contributed by atoms with E-state index in [4.69, 9.17) is 10.5 Å². The molecule has 1 aliphatic rings. The summed E-state index contributed by atoms with van der Waals surface area (Å²) < 4.78 is 0. The zero-order valence-electron chi connectivity index (χ0n) is 12.2. The SMILES string of the molecule is [NH2+]=C(Cc1ccc(CC(=O)O)cc1)C(=O)C1CCCCC1. The second-order valence-corrected chi connectivity index (χ2v) is 5.79. The van der Waals surface area contributed by atoms with Gasteiger partial charge in [-0.2, -0.15) is 0 Å². The summed E-state index contributed by atoms with van der Waals surface area (Å²) in [5.41, 5.74) is 2.13. The molecular formula is C17H22NO3+. The summed E-state index contributed by atoms with van der Waals surface area (Å²) in [6, 6.07) is 7.25. The quantitative estimate of drug-likeness (QED) is 0.772. The van der Waals surface area contributed by atoms with Crippen LogP contribution >= 0.6 is 0 Å². The molecular weight excluding hydrogens is 266 g/mol. The number of carbonyl (C=O) groups excluding carboxylic acids is 1. The highest BCUT2D eigenvalue weighted by atomic mass is 16.4. The van der Waals surface area contributed by atoms with Crippen LogP contribution in [0.4, 0.5) is 0 Å². The van der Waals surface area contributed by atoms with Gasteiger partial charge in [-0.3, -0.25) is 15.0 Å². The number of rotatable bonds is 6. The molecule has 0 radical (unpaired) electrons. The van der Waals surface area contributed by atoms with Crippen LogP contribution in [0.15, 0.2) is 24.3 Å². The van der Waals surface area contributed by atoms with E-state index in [9.17, 15) is 9.59 Å². The number of Topliss-reactive ketones (excluding diaryl/α,β-unsaturated/α-hetero) is 1. The molecule has 0 saturated heterocycles. The number of benzene rings is 1. The van der Waals surface area contributed by atoms with Crippen LogP contribution in [0.3, 0.4) is 0 Å². The lowest BCUT2D eigenvalue weighted by molar-refractivity contribution is -0.139. The number of carboxylic acid groups (broad SMARTS) is 1. The Bertz CT molecular complexity index is 527. The van der Waals surface area contributed by atoms with Crippen molar-refractivity contribution in [2.45, 2.75) is 44.9 Å². The molecule has 0 bridgehead atoms. The minimum atomic E-state index is -0.846. The van der Waals surface area contributed by atoms with Crippen LogP contribution < -0.4 is 5.41 Å². The summed E-state index contributed by atoms with van der Waals surface area (Å²) in [4.78, 5) is 22.9. The van der Waals surface area contributed by atoms with Crippen molar-refractivity contribution in [3.8, 4) is 0 Å². The van der Waals surface area contributed by atoms with Crippen LogP contribution in [0.5, 0.6) is 0 Å². The largest absolute Gasteiger partial charge is 0.481 e. The molecule has 4 nitrogen and oxygen atoms in total. The van der Waals surface area contributed by atoms with Gasteiger partial charge in [0.25, 0.3) is 0 Å². The number of aliphatic carboxylic acids is 1. The zero-order chi connectivity index (χ0) is 15.2. The molecule has 1 saturated carbocycles. The predicted octanol–water partition coefficient (Wildman–Crippen LogP) is 1.21. The first-order chi connectivity index (χ1) is 10.1. The normalized spacial score (nSPS) is 15.6. The Morgan fingerprint density at radius 3 is 2.05 bits per heavy atom. The highest BCUT2D eigenvalue weighted by Crippen LogP contribution is 2.24. The van der Waals surface area contributed by atoms with Gasteiger partial charge in [0.05, 0.1) is 12.8 Å². The molecule has 0 aliphatic heterocycles. The van der Waals surface area contributed by atoms with E-state index < -0.39 is 5.97 Å². The molecule has 0 amide bonds. The lowest BCUT2D eigenvalue weighted by atomic mass is 9.83. The van der Waals surface area contributed by atoms with Crippen LogP contribution in [-0.4, -0.2) is 22.6 Å². The second-order valence-electron chi connectivity index (χ2n) is 5.79. The average molecular weight is 288 g/mol. The maximum atomic E-state index is 12.3. The van der Waals surface area contributed by atoms with Gasteiger partial charge in [0, 0.05) is 5.92 Å². The lowest BCUT2D eigenvalue weighted by Gasteiger charge is -2.18. The Balaban J connectivity index is 1.92. The van der Waals surface area contributed by atoms with Crippen LogP contribution in [0, 0.1) is 5.92 Å². The van der Waals surface area contributed by atoms with Crippen molar-refractivity contribution in [2.75, 3.05) is 0 Å². The molecule has 1 aromatic carbocycles. The zero-order valence-corrected chi connectivity index (χ0v) is 12.2. The fourth-order valence-electron chi connectivity index (χ4n) is 2.88. The first kappa shape index (κ1) is 15.4. The lowest BCUT2D eigenvalue weighted by Crippen LogP contribution is -2.48. The van der Waals surface area contributed by atoms with E-state index in [0.29, 0.717) is 12.1 Å². The van der Waals surface area contributed by atoms with Crippen molar-refractivity contribution in [3.63, 3.8) is 0 Å². The highest BCUT2D eigenvalue weighted by Gasteiger charge is 2.27. The smallest absolute Gasteiger partial charge is 0.307 e. The molecule has 2 rings (SSSR count). The van der Waals surface area contributed by atoms with E-state index in [1.165, 1.54) is 6.42 Å². The van der Waals surface area contributed by atoms with Crippen molar-refractivity contribution in [2.24, 2.45) is 5.92 Å². The van der Waals surface area contributed by atoms with E-state index in [2.05, 4.69) is 0 Å². The van der Waals surface area contributed by atoms with Crippen molar-refractivity contribution < 1.29 is 20.1 Å². The van der Waals surface area contributed by atoms with Gasteiger partial charge < -0.3 is 5.11 Å². The molecule has 0 atom stereocenters.